The summed E-state index contributed by atoms with van der Waals surface area (Å²) < 4.78 is 2.00. The van der Waals surface area contributed by atoms with E-state index in [0.717, 1.165) is 16.7 Å². The molecular formula is C18H25N7O. The van der Waals surface area contributed by atoms with Crippen LogP contribution < -0.4 is 10.6 Å². The minimum Gasteiger partial charge on any atom is -0.391 e. The van der Waals surface area contributed by atoms with E-state index in [4.69, 9.17) is 0 Å². The lowest BCUT2D eigenvalue weighted by Crippen LogP contribution is -2.29. The van der Waals surface area contributed by atoms with E-state index in [2.05, 4.69) is 44.4 Å². The second-order valence-corrected chi connectivity index (χ2v) is 6.70. The highest BCUT2D eigenvalue weighted by Crippen LogP contribution is 2.24. The molecule has 3 N–H and O–H groups in total. The Kier molecular flexibility index (Phi) is 5.32. The van der Waals surface area contributed by atoms with Gasteiger partial charge in [-0.15, -0.1) is 0 Å². The van der Waals surface area contributed by atoms with Crippen LogP contribution in [0.2, 0.25) is 0 Å². The molecule has 0 saturated heterocycles. The molecule has 8 heteroatoms. The molecule has 138 valence electrons. The number of aromatic nitrogens is 5. The fraction of sp³-hybridized carbons (Fsp3) is 0.444. The van der Waals surface area contributed by atoms with E-state index in [1.165, 1.54) is 0 Å². The molecule has 0 saturated carbocycles. The molecule has 0 radical (unpaired) electrons. The Labute approximate surface area is 152 Å². The number of fused-ring (bicyclic) bond motifs is 1. The van der Waals surface area contributed by atoms with Crippen molar-refractivity contribution in [3.05, 3.63) is 36.4 Å². The molecule has 0 aliphatic carbocycles. The van der Waals surface area contributed by atoms with Crippen LogP contribution in [0.15, 0.2) is 30.9 Å². The second-order valence-electron chi connectivity index (χ2n) is 6.70. The van der Waals surface area contributed by atoms with Crippen molar-refractivity contribution in [3.8, 4) is 0 Å². The van der Waals surface area contributed by atoms with Crippen molar-refractivity contribution >= 4 is 22.9 Å². The van der Waals surface area contributed by atoms with Gasteiger partial charge in [-0.2, -0.15) is 9.97 Å². The van der Waals surface area contributed by atoms with E-state index in [1.807, 2.05) is 29.8 Å². The fourth-order valence-corrected chi connectivity index (χ4v) is 2.49. The third-order valence-corrected chi connectivity index (χ3v) is 4.24. The summed E-state index contributed by atoms with van der Waals surface area (Å²) in [7, 11) is 0. The molecule has 0 fully saturated rings. The lowest BCUT2D eigenvalue weighted by atomic mass is 10.2. The zero-order valence-electron chi connectivity index (χ0n) is 15.5. The number of anilines is 2. The summed E-state index contributed by atoms with van der Waals surface area (Å²) in [6.07, 6.45) is 4.82. The van der Waals surface area contributed by atoms with Crippen LogP contribution in [0.4, 0.5) is 11.8 Å². The van der Waals surface area contributed by atoms with Gasteiger partial charge in [0, 0.05) is 25.0 Å². The summed E-state index contributed by atoms with van der Waals surface area (Å²) in [5.41, 5.74) is 2.52. The molecule has 0 unspecified atom stereocenters. The van der Waals surface area contributed by atoms with Crippen molar-refractivity contribution in [2.75, 3.05) is 10.6 Å². The van der Waals surface area contributed by atoms with Crippen LogP contribution in [-0.2, 0) is 6.54 Å². The SMILES string of the molecule is CC(C)n1cnc2c(NCc3cccnc3)nc(N[C@@H](C)[C@@H](C)O)nc21. The number of aliphatic hydroxyl groups excluding tert-OH is 1. The zero-order valence-corrected chi connectivity index (χ0v) is 15.5. The number of hydrogen-bond donors (Lipinski definition) is 3. The van der Waals surface area contributed by atoms with E-state index in [0.29, 0.717) is 18.3 Å². The number of aliphatic hydroxyl groups is 1. The van der Waals surface area contributed by atoms with Crippen LogP contribution in [0.1, 0.15) is 39.3 Å². The third-order valence-electron chi connectivity index (χ3n) is 4.24. The molecule has 0 spiro atoms. The van der Waals surface area contributed by atoms with Gasteiger partial charge in [-0.05, 0) is 39.3 Å². The topological polar surface area (TPSA) is 101 Å². The summed E-state index contributed by atoms with van der Waals surface area (Å²) in [6, 6.07) is 3.95. The summed E-state index contributed by atoms with van der Waals surface area (Å²) in [5, 5.41) is 16.3. The van der Waals surface area contributed by atoms with E-state index in [1.54, 1.807) is 19.4 Å². The number of hydrogen-bond acceptors (Lipinski definition) is 7. The molecular weight excluding hydrogens is 330 g/mol. The van der Waals surface area contributed by atoms with Gasteiger partial charge >= 0.3 is 0 Å². The van der Waals surface area contributed by atoms with Crippen LogP contribution in [0.25, 0.3) is 11.2 Å². The normalized spacial score (nSPS) is 13.8. The quantitative estimate of drug-likeness (QED) is 0.599. The van der Waals surface area contributed by atoms with Crippen molar-refractivity contribution in [2.24, 2.45) is 0 Å². The van der Waals surface area contributed by atoms with Crippen LogP contribution in [-0.4, -0.2) is 41.8 Å². The average molecular weight is 355 g/mol. The molecule has 0 bridgehead atoms. The monoisotopic (exact) mass is 355 g/mol. The molecule has 3 aromatic rings. The fourth-order valence-electron chi connectivity index (χ4n) is 2.49. The van der Waals surface area contributed by atoms with Crippen molar-refractivity contribution in [2.45, 2.75) is 52.4 Å². The highest BCUT2D eigenvalue weighted by atomic mass is 16.3. The van der Waals surface area contributed by atoms with Gasteiger partial charge in [-0.1, -0.05) is 6.07 Å². The smallest absolute Gasteiger partial charge is 0.227 e. The zero-order chi connectivity index (χ0) is 18.7. The predicted molar refractivity (Wildman–Crippen MR) is 102 cm³/mol. The summed E-state index contributed by atoms with van der Waals surface area (Å²) >= 11 is 0. The van der Waals surface area contributed by atoms with Crippen molar-refractivity contribution < 1.29 is 5.11 Å². The molecule has 0 aliphatic rings. The van der Waals surface area contributed by atoms with Crippen molar-refractivity contribution in [1.82, 2.24) is 24.5 Å². The van der Waals surface area contributed by atoms with E-state index >= 15 is 0 Å². The molecule has 3 aromatic heterocycles. The Hall–Kier alpha value is -2.74. The Morgan fingerprint density at radius 2 is 2.00 bits per heavy atom. The van der Waals surface area contributed by atoms with Crippen LogP contribution in [0.5, 0.6) is 0 Å². The molecule has 0 aromatic carbocycles. The van der Waals surface area contributed by atoms with Crippen molar-refractivity contribution in [1.29, 1.82) is 0 Å². The van der Waals surface area contributed by atoms with Gasteiger partial charge in [-0.3, -0.25) is 4.98 Å². The first-order valence-corrected chi connectivity index (χ1v) is 8.77. The predicted octanol–water partition coefficient (Wildman–Crippen LogP) is 2.60. The van der Waals surface area contributed by atoms with Crippen molar-refractivity contribution in [3.63, 3.8) is 0 Å². The Morgan fingerprint density at radius 3 is 2.65 bits per heavy atom. The highest BCUT2D eigenvalue weighted by molar-refractivity contribution is 5.84. The van der Waals surface area contributed by atoms with Crippen LogP contribution in [0.3, 0.4) is 0 Å². The van der Waals surface area contributed by atoms with Gasteiger partial charge in [0.25, 0.3) is 0 Å². The first-order chi connectivity index (χ1) is 12.5. The number of imidazole rings is 1. The first-order valence-electron chi connectivity index (χ1n) is 8.77. The van der Waals surface area contributed by atoms with Gasteiger partial charge in [0.15, 0.2) is 17.0 Å². The Balaban J connectivity index is 1.96. The average Bonchev–Trinajstić information content (AvgIpc) is 3.04. The first kappa shape index (κ1) is 18.1. The number of pyridine rings is 1. The molecule has 3 rings (SSSR count). The number of nitrogens with one attached hydrogen (secondary N) is 2. The van der Waals surface area contributed by atoms with Gasteiger partial charge in [0.2, 0.25) is 5.95 Å². The van der Waals surface area contributed by atoms with Gasteiger partial charge < -0.3 is 20.3 Å². The molecule has 26 heavy (non-hydrogen) atoms. The van der Waals surface area contributed by atoms with E-state index in [-0.39, 0.29) is 12.1 Å². The molecule has 0 amide bonds. The summed E-state index contributed by atoms with van der Waals surface area (Å²) in [6.45, 7) is 8.37. The summed E-state index contributed by atoms with van der Waals surface area (Å²) in [5.74, 6) is 1.11. The Bertz CT molecular complexity index is 861. The Morgan fingerprint density at radius 1 is 1.19 bits per heavy atom. The highest BCUT2D eigenvalue weighted by Gasteiger charge is 2.17. The molecule has 2 atom stereocenters. The minimum atomic E-state index is -0.517. The van der Waals surface area contributed by atoms with Gasteiger partial charge in [0.1, 0.15) is 0 Å². The van der Waals surface area contributed by atoms with Gasteiger partial charge in [-0.25, -0.2) is 4.98 Å². The van der Waals surface area contributed by atoms with E-state index in [9.17, 15) is 5.11 Å². The van der Waals surface area contributed by atoms with Gasteiger partial charge in [0.05, 0.1) is 18.5 Å². The lowest BCUT2D eigenvalue weighted by Gasteiger charge is -2.18. The minimum absolute atomic E-state index is 0.172. The standard InChI is InChI=1S/C18H25N7O/c1-11(2)25-10-21-15-16(20-9-14-6-5-7-19-8-14)23-18(24-17(15)25)22-12(3)13(4)26/h5-8,10-13,26H,9H2,1-4H3,(H2,20,22,23,24)/t12-,13+/m0/s1. The molecule has 0 aliphatic heterocycles. The van der Waals surface area contributed by atoms with E-state index < -0.39 is 6.10 Å². The maximum Gasteiger partial charge on any atom is 0.227 e. The van der Waals surface area contributed by atoms with Crippen LogP contribution >= 0.6 is 0 Å². The number of rotatable bonds is 7. The molecule has 3 heterocycles. The maximum atomic E-state index is 9.76. The summed E-state index contributed by atoms with van der Waals surface area (Å²) in [4.78, 5) is 17.8. The maximum absolute atomic E-state index is 9.76. The number of nitrogens with zero attached hydrogens (tertiary/aromatic N) is 5. The third kappa shape index (κ3) is 3.91. The lowest BCUT2D eigenvalue weighted by molar-refractivity contribution is 0.177. The molecule has 8 nitrogen and oxygen atoms in total. The largest absolute Gasteiger partial charge is 0.391 e. The van der Waals surface area contributed by atoms with Crippen LogP contribution in [0, 0.1) is 0 Å². The second kappa shape index (κ2) is 7.65.